The van der Waals surface area contributed by atoms with Gasteiger partial charge in [0.05, 0.1) is 18.3 Å². The van der Waals surface area contributed by atoms with Gasteiger partial charge in [-0.1, -0.05) is 87.9 Å². The van der Waals surface area contributed by atoms with Gasteiger partial charge in [-0.25, -0.2) is 4.79 Å². The summed E-state index contributed by atoms with van der Waals surface area (Å²) in [6, 6.07) is 4.65. The van der Waals surface area contributed by atoms with E-state index in [1.165, 1.54) is 17.6 Å². The van der Waals surface area contributed by atoms with E-state index >= 15 is 0 Å². The molecule has 4 aliphatic heterocycles. The number of fused-ring (bicyclic) bond motifs is 4. The molecule has 1 aliphatic carbocycles. The van der Waals surface area contributed by atoms with Gasteiger partial charge in [-0.2, -0.15) is 0 Å². The Kier molecular flexibility index (Phi) is 21.0. The summed E-state index contributed by atoms with van der Waals surface area (Å²) in [5.74, 6) is -6.54. The summed E-state index contributed by atoms with van der Waals surface area (Å²) in [7, 11) is 3.03. The number of benzene rings is 1. The van der Waals surface area contributed by atoms with Crippen LogP contribution < -0.4 is 11.1 Å². The fraction of sp³-hybridized carbons (Fsp3) is 0.690. The summed E-state index contributed by atoms with van der Waals surface area (Å²) < 4.78 is 24.3. The van der Waals surface area contributed by atoms with Crippen molar-refractivity contribution in [3.05, 3.63) is 76.9 Å². The number of ketones is 2. The molecule has 0 spiro atoms. The summed E-state index contributed by atoms with van der Waals surface area (Å²) in [4.78, 5) is 59.0. The molecule has 3 fully saturated rings. The molecule has 6 rings (SSSR count). The predicted octanol–water partition coefficient (Wildman–Crippen LogP) is 7.82. The molecule has 2 saturated heterocycles. The number of piperidine rings is 1. The monoisotopic (exact) mass is 1000 g/mol. The second-order valence-electron chi connectivity index (χ2n) is 22.1. The molecule has 400 valence electrons. The van der Waals surface area contributed by atoms with Crippen molar-refractivity contribution in [2.75, 3.05) is 32.6 Å². The smallest absolute Gasteiger partial charge is 0.329 e. The van der Waals surface area contributed by atoms with Crippen LogP contribution in [0.2, 0.25) is 0 Å². The van der Waals surface area contributed by atoms with E-state index in [-0.39, 0.29) is 48.5 Å². The molecule has 1 aromatic rings. The zero-order chi connectivity index (χ0) is 52.3. The fourth-order valence-electron chi connectivity index (χ4n) is 12.1. The van der Waals surface area contributed by atoms with Crippen LogP contribution in [0.15, 0.2) is 65.8 Å². The van der Waals surface area contributed by atoms with Crippen LogP contribution in [-0.2, 0) is 44.5 Å². The molecule has 1 amide bonds. The van der Waals surface area contributed by atoms with Crippen LogP contribution in [0.5, 0.6) is 0 Å². The van der Waals surface area contributed by atoms with Crippen LogP contribution in [-0.4, -0.2) is 125 Å². The number of hydrogen-bond acceptors (Lipinski definition) is 13. The highest BCUT2D eigenvalue weighted by Gasteiger charge is 2.55. The normalized spacial score (nSPS) is 38.4. The number of Topliss-reactive ketones (excluding diaryl/α,β-unsaturated/α-hetero) is 2. The zero-order valence-corrected chi connectivity index (χ0v) is 44.4. The van der Waals surface area contributed by atoms with Crippen LogP contribution >= 0.6 is 0 Å². The average molecular weight is 1000 g/mol. The molecular formula is C58H87N3O11. The maximum Gasteiger partial charge on any atom is 0.329 e. The largest absolute Gasteiger partial charge is 0.461 e. The van der Waals surface area contributed by atoms with Gasteiger partial charge in [0.25, 0.3) is 11.7 Å². The third kappa shape index (κ3) is 14.2. The number of nitrogens with one attached hydrogen (secondary N) is 1. The quantitative estimate of drug-likeness (QED) is 0.105. The van der Waals surface area contributed by atoms with Gasteiger partial charge in [0.15, 0.2) is 5.78 Å². The molecule has 0 aromatic heterocycles. The summed E-state index contributed by atoms with van der Waals surface area (Å²) in [6.45, 7) is 12.4. The number of carbonyl (C=O) groups excluding carboxylic acids is 4. The number of aliphatic hydroxyl groups excluding tert-OH is 2. The first-order valence-corrected chi connectivity index (χ1v) is 27.1. The molecule has 5 aliphatic rings. The van der Waals surface area contributed by atoms with Crippen molar-refractivity contribution in [3.8, 4) is 0 Å². The van der Waals surface area contributed by atoms with Gasteiger partial charge in [0.1, 0.15) is 24.4 Å². The third-order valence-electron chi connectivity index (χ3n) is 16.5. The second kappa shape index (κ2) is 26.5. The first-order valence-electron chi connectivity index (χ1n) is 27.1. The second-order valence-corrected chi connectivity index (χ2v) is 22.1. The van der Waals surface area contributed by atoms with Gasteiger partial charge >= 0.3 is 5.97 Å². The lowest BCUT2D eigenvalue weighted by Gasteiger charge is -2.46. The number of methoxy groups -OCH3 is 2. The van der Waals surface area contributed by atoms with Crippen LogP contribution in [0.3, 0.4) is 0 Å². The number of rotatable bonds is 6. The number of allylic oxidation sites excluding steroid dienone is 6. The molecule has 14 nitrogen and oxygen atoms in total. The standard InChI is InChI=1S/C58H87N3O11/c1-35-16-10-9-11-17-36(2)30-38(4)52(63)54(70-8)53(64)39(5)32-43(59)24-27-48(37(3)31-41-23-25-47(62)50(34-41)69-7)71-57(67)46-21-12-13-29-61(46)56(66)55(65)58(68)40(6)33-45(49(72-58)26-22-35)44-20-14-18-42-19-15-28-60-51(42)44/h9-11,14,16-18,20,32,36-38,40-41,43,45-50,53-54,60,62,64,68H,12-13,15,19,21-31,33-34,59H2,1-8H3/b10-9+,17-11+,35-16+,39-32+/t36-,37-,38?,40?,41?,43+,45?,46?,47-,48+,49-,50?,53?,54+,58?/m1/s1. The van der Waals surface area contributed by atoms with Crippen molar-refractivity contribution in [2.24, 2.45) is 35.3 Å². The minimum Gasteiger partial charge on any atom is -0.461 e. The van der Waals surface area contributed by atoms with Gasteiger partial charge in [-0.05, 0) is 145 Å². The first kappa shape index (κ1) is 57.3. The van der Waals surface area contributed by atoms with E-state index < -0.39 is 77.9 Å². The predicted molar refractivity (Wildman–Crippen MR) is 279 cm³/mol. The third-order valence-corrected chi connectivity index (χ3v) is 16.5. The number of para-hydroxylation sites is 1. The van der Waals surface area contributed by atoms with E-state index in [1.807, 2.05) is 58.1 Å². The van der Waals surface area contributed by atoms with Gasteiger partial charge in [0, 0.05) is 56.8 Å². The van der Waals surface area contributed by atoms with Crippen molar-refractivity contribution in [1.82, 2.24) is 4.90 Å². The van der Waals surface area contributed by atoms with Crippen molar-refractivity contribution in [3.63, 3.8) is 0 Å². The molecule has 0 radical (unpaired) electrons. The molecule has 4 heterocycles. The SMILES string of the molecule is COC1CC(C[C@@H](C)[C@@H]2CC[C@H](N)/C=C(\C)C(O)[C@@H](OC)C(=O)C(C)C[C@H](C)/C=C/C=C/C=C(\C)CC[C@H]3OC(O)(C(=O)C(=O)N4CCCCC4C(=O)O2)C(C)CC3c2cccc3c2NCCC3)CC[C@H]1O. The maximum absolute atomic E-state index is 14.7. The van der Waals surface area contributed by atoms with Crippen LogP contribution in [0.1, 0.15) is 148 Å². The number of anilines is 1. The fourth-order valence-corrected chi connectivity index (χ4v) is 12.1. The van der Waals surface area contributed by atoms with Gasteiger partial charge in [-0.3, -0.25) is 14.4 Å². The molecule has 8 unspecified atom stereocenters. The topological polar surface area (TPSA) is 207 Å². The van der Waals surface area contributed by atoms with E-state index in [1.54, 1.807) is 27.0 Å². The van der Waals surface area contributed by atoms with E-state index in [2.05, 4.69) is 23.5 Å². The number of carbonyl (C=O) groups is 4. The Morgan fingerprint density at radius 1 is 0.903 bits per heavy atom. The summed E-state index contributed by atoms with van der Waals surface area (Å²) in [6.07, 6.45) is 16.2. The van der Waals surface area contributed by atoms with E-state index in [0.717, 1.165) is 42.6 Å². The van der Waals surface area contributed by atoms with Crippen LogP contribution in [0, 0.1) is 29.6 Å². The summed E-state index contributed by atoms with van der Waals surface area (Å²) in [5.41, 5.74) is 11.7. The van der Waals surface area contributed by atoms with Gasteiger partial charge in [0.2, 0.25) is 5.79 Å². The van der Waals surface area contributed by atoms with Crippen LogP contribution in [0.4, 0.5) is 5.69 Å². The lowest BCUT2D eigenvalue weighted by atomic mass is 9.75. The van der Waals surface area contributed by atoms with E-state index in [0.29, 0.717) is 76.2 Å². The number of hydrogen-bond donors (Lipinski definition) is 5. The van der Waals surface area contributed by atoms with Crippen molar-refractivity contribution in [1.29, 1.82) is 0 Å². The van der Waals surface area contributed by atoms with Gasteiger partial charge in [-0.15, -0.1) is 0 Å². The van der Waals surface area contributed by atoms with Gasteiger partial charge < -0.3 is 50.2 Å². The Bertz CT molecular complexity index is 2140. The first-order chi connectivity index (χ1) is 34.4. The Morgan fingerprint density at radius 3 is 2.43 bits per heavy atom. The minimum absolute atomic E-state index is 0.0556. The number of aryl methyl sites for hydroxylation is 1. The van der Waals surface area contributed by atoms with E-state index in [4.69, 9.17) is 24.7 Å². The number of ether oxygens (including phenoxy) is 4. The number of amides is 1. The Balaban J connectivity index is 1.32. The number of aliphatic hydroxyl groups is 3. The molecule has 72 heavy (non-hydrogen) atoms. The zero-order valence-electron chi connectivity index (χ0n) is 44.4. The molecular weight excluding hydrogens is 915 g/mol. The minimum atomic E-state index is -2.43. The highest BCUT2D eigenvalue weighted by atomic mass is 16.6. The molecule has 14 heteroatoms. The highest BCUT2D eigenvalue weighted by Crippen LogP contribution is 2.47. The lowest BCUT2D eigenvalue weighted by molar-refractivity contribution is -0.268. The van der Waals surface area contributed by atoms with E-state index in [9.17, 15) is 34.5 Å². The molecule has 15 atom stereocenters. The highest BCUT2D eigenvalue weighted by molar-refractivity contribution is 6.39. The average Bonchev–Trinajstić information content (AvgIpc) is 3.37. The lowest BCUT2D eigenvalue weighted by Crippen LogP contribution is -2.61. The summed E-state index contributed by atoms with van der Waals surface area (Å²) in [5, 5.41) is 38.1. The van der Waals surface area contributed by atoms with Crippen LogP contribution in [0.25, 0.3) is 0 Å². The maximum atomic E-state index is 14.7. The Labute approximate surface area is 429 Å². The number of nitrogens with zero attached hydrogens (tertiary/aromatic N) is 1. The molecule has 1 saturated carbocycles. The summed E-state index contributed by atoms with van der Waals surface area (Å²) >= 11 is 0. The van der Waals surface area contributed by atoms with Crippen molar-refractivity contribution in [2.45, 2.75) is 198 Å². The number of esters is 1. The molecule has 1 aromatic carbocycles. The van der Waals surface area contributed by atoms with Crippen molar-refractivity contribution >= 4 is 29.1 Å². The number of cyclic esters (lactones) is 1. The molecule has 2 bridgehead atoms. The molecule has 6 N–H and O–H groups in total. The van der Waals surface area contributed by atoms with Crippen molar-refractivity contribution < 1.29 is 53.4 Å². The Morgan fingerprint density at radius 2 is 1.68 bits per heavy atom. The number of nitrogens with two attached hydrogens (primary N) is 1. The Hall–Kier alpha value is -4.02.